The first-order chi connectivity index (χ1) is 16.8. The molecule has 2 aromatic rings. The van der Waals surface area contributed by atoms with Crippen molar-refractivity contribution in [2.45, 2.75) is 25.8 Å². The summed E-state index contributed by atoms with van der Waals surface area (Å²) in [6, 6.07) is 6.44. The Morgan fingerprint density at radius 3 is 2.14 bits per heavy atom. The number of benzene rings is 2. The van der Waals surface area contributed by atoms with E-state index in [4.69, 9.17) is 4.74 Å². The van der Waals surface area contributed by atoms with E-state index in [9.17, 15) is 40.7 Å². The summed E-state index contributed by atoms with van der Waals surface area (Å²) in [4.78, 5) is 45.3. The molecule has 0 fully saturated rings. The van der Waals surface area contributed by atoms with Crippen molar-refractivity contribution < 1.29 is 35.9 Å². The number of carbonyl (C=O) groups is 1. The fraction of sp³-hybridized carbons (Fsp3) is 0.227. The van der Waals surface area contributed by atoms with Gasteiger partial charge in [0.1, 0.15) is 6.54 Å². The second kappa shape index (κ2) is 8.77. The topological polar surface area (TPSA) is 96.1 Å². The van der Waals surface area contributed by atoms with Crippen LogP contribution in [0, 0.1) is 0 Å². The second-order valence-corrected chi connectivity index (χ2v) is 7.46. The Bertz CT molecular complexity index is 1540. The van der Waals surface area contributed by atoms with Gasteiger partial charge in [-0.2, -0.15) is 31.3 Å². The van der Waals surface area contributed by atoms with Crippen LogP contribution in [-0.4, -0.2) is 31.7 Å². The van der Waals surface area contributed by atoms with Crippen molar-refractivity contribution in [3.8, 4) is 17.2 Å². The van der Waals surface area contributed by atoms with E-state index < -0.39 is 64.4 Å². The van der Waals surface area contributed by atoms with E-state index in [-0.39, 0.29) is 23.7 Å². The smallest absolute Gasteiger partial charge is 0.416 e. The van der Waals surface area contributed by atoms with Gasteiger partial charge < -0.3 is 4.74 Å². The zero-order chi connectivity index (χ0) is 26.4. The maximum Gasteiger partial charge on any atom is 0.416 e. The molecule has 2 aliphatic rings. The number of carbonyl (C=O) groups excluding carboxylic acids is 1. The van der Waals surface area contributed by atoms with Crippen molar-refractivity contribution in [1.29, 1.82) is 0 Å². The highest BCUT2D eigenvalue weighted by Gasteiger charge is 2.37. The van der Waals surface area contributed by atoms with Crippen molar-refractivity contribution >= 4 is 17.0 Å². The molecule has 0 N–H and O–H groups in total. The summed E-state index contributed by atoms with van der Waals surface area (Å²) in [7, 11) is 0. The maximum atomic E-state index is 13.5. The molecule has 2 aromatic carbocycles. The molecule has 36 heavy (non-hydrogen) atoms. The van der Waals surface area contributed by atoms with Crippen LogP contribution in [-0.2, 0) is 28.4 Å². The fourth-order valence-corrected chi connectivity index (χ4v) is 3.55. The van der Waals surface area contributed by atoms with Crippen LogP contribution in [0.4, 0.5) is 26.3 Å². The molecule has 0 bridgehead atoms. The third kappa shape index (κ3) is 4.53. The van der Waals surface area contributed by atoms with Gasteiger partial charge in [0.15, 0.2) is 11.5 Å². The molecule has 0 unspecified atom stereocenters. The Hall–Kier alpha value is -4.23. The van der Waals surface area contributed by atoms with Gasteiger partial charge >= 0.3 is 24.0 Å². The van der Waals surface area contributed by atoms with Gasteiger partial charge in [-0.3, -0.25) is 14.2 Å². The first kappa shape index (κ1) is 24.9. The van der Waals surface area contributed by atoms with Crippen LogP contribution in [0.2, 0.25) is 0 Å². The van der Waals surface area contributed by atoms with Gasteiger partial charge in [-0.05, 0) is 37.3 Å². The molecule has 8 nitrogen and oxygen atoms in total. The van der Waals surface area contributed by atoms with E-state index in [0.717, 1.165) is 4.57 Å². The number of hydrogen-bond acceptors (Lipinski definition) is 6. The van der Waals surface area contributed by atoms with Crippen LogP contribution in [0.25, 0.3) is 28.2 Å². The van der Waals surface area contributed by atoms with E-state index in [2.05, 4.69) is 9.97 Å². The van der Waals surface area contributed by atoms with Gasteiger partial charge in [-0.15, -0.1) is 0 Å². The lowest BCUT2D eigenvalue weighted by Crippen LogP contribution is -2.40. The van der Waals surface area contributed by atoms with E-state index in [1.54, 1.807) is 0 Å². The molecular weight excluding hydrogens is 498 g/mol. The number of halogens is 6. The molecule has 2 heterocycles. The standard InChI is InChI=1S/C22H14F6N4O4/c1-2-36-16(33)10-31-19(34)17-18(30-20(31)35)32(15-6-4-3-5-14(15)29-17)13-8-11(21(23,24)25)7-12(9-13)22(26,27)28/h3-9H,2,10H2,1H3. The monoisotopic (exact) mass is 512 g/mol. The molecule has 0 spiro atoms. The van der Waals surface area contributed by atoms with Crippen LogP contribution in [0.15, 0.2) is 52.1 Å². The van der Waals surface area contributed by atoms with Crippen LogP contribution in [0.1, 0.15) is 18.1 Å². The lowest BCUT2D eigenvalue weighted by molar-refractivity contribution is -0.144. The number of fused-ring (bicyclic) bond motifs is 2. The molecule has 0 saturated carbocycles. The van der Waals surface area contributed by atoms with Gasteiger partial charge in [0.25, 0.3) is 5.56 Å². The fourth-order valence-electron chi connectivity index (χ4n) is 3.55. The number of ether oxygens (including phenoxy) is 1. The number of esters is 1. The zero-order valence-corrected chi connectivity index (χ0v) is 18.1. The summed E-state index contributed by atoms with van der Waals surface area (Å²) in [5.41, 5.74) is -6.82. The molecule has 0 aliphatic carbocycles. The molecule has 0 radical (unpaired) electrons. The molecule has 0 amide bonds. The van der Waals surface area contributed by atoms with Crippen LogP contribution in [0.3, 0.4) is 0 Å². The van der Waals surface area contributed by atoms with Crippen LogP contribution in [0.5, 0.6) is 0 Å². The van der Waals surface area contributed by atoms with Gasteiger partial charge in [0.2, 0.25) is 0 Å². The molecule has 188 valence electrons. The van der Waals surface area contributed by atoms with E-state index >= 15 is 0 Å². The zero-order valence-electron chi connectivity index (χ0n) is 18.1. The largest absolute Gasteiger partial charge is 0.465 e. The number of aromatic nitrogens is 4. The molecule has 2 aliphatic heterocycles. The lowest BCUT2D eigenvalue weighted by atomic mass is 10.1. The molecule has 4 rings (SSSR count). The number of hydrogen-bond donors (Lipinski definition) is 0. The SMILES string of the molecule is CCOC(=O)Cn1c(=O)nc2n(-c3cc(C(F)(F)F)cc(C(F)(F)F)c3)c3ccccc3nc-2c1=O. The van der Waals surface area contributed by atoms with E-state index in [1.165, 1.54) is 31.2 Å². The molecule has 0 saturated heterocycles. The predicted octanol–water partition coefficient (Wildman–Crippen LogP) is 3.65. The third-order valence-corrected chi connectivity index (χ3v) is 5.08. The third-order valence-electron chi connectivity index (χ3n) is 5.08. The summed E-state index contributed by atoms with van der Waals surface area (Å²) in [5, 5.41) is 0. The summed E-state index contributed by atoms with van der Waals surface area (Å²) in [6.07, 6.45) is -10.3. The predicted molar refractivity (Wildman–Crippen MR) is 113 cm³/mol. The van der Waals surface area contributed by atoms with E-state index in [0.29, 0.717) is 16.7 Å². The van der Waals surface area contributed by atoms with Crippen molar-refractivity contribution in [2.24, 2.45) is 0 Å². The Morgan fingerprint density at radius 2 is 1.56 bits per heavy atom. The second-order valence-electron chi connectivity index (χ2n) is 7.46. The van der Waals surface area contributed by atoms with Gasteiger partial charge in [-0.25, -0.2) is 14.3 Å². The molecular formula is C22H14F6N4O4. The van der Waals surface area contributed by atoms with Gasteiger partial charge in [0.05, 0.1) is 28.8 Å². The summed E-state index contributed by atoms with van der Waals surface area (Å²) < 4.78 is 86.9. The Kier molecular flexibility index (Phi) is 6.06. The van der Waals surface area contributed by atoms with E-state index in [1.807, 2.05) is 0 Å². The van der Waals surface area contributed by atoms with Gasteiger partial charge in [0, 0.05) is 5.69 Å². The Balaban J connectivity index is 2.12. The highest BCUT2D eigenvalue weighted by Crippen LogP contribution is 2.38. The minimum Gasteiger partial charge on any atom is -0.465 e. The number of nitrogens with zero attached hydrogens (tertiary/aromatic N) is 4. The maximum absolute atomic E-state index is 13.5. The number of alkyl halides is 6. The van der Waals surface area contributed by atoms with Crippen molar-refractivity contribution in [3.05, 3.63) is 74.4 Å². The average molecular weight is 512 g/mol. The molecule has 0 atom stereocenters. The highest BCUT2D eigenvalue weighted by molar-refractivity contribution is 5.82. The minimum atomic E-state index is -5.14. The summed E-state index contributed by atoms with van der Waals surface area (Å²) >= 11 is 0. The van der Waals surface area contributed by atoms with Crippen molar-refractivity contribution in [3.63, 3.8) is 0 Å². The molecule has 14 heteroatoms. The normalized spacial score (nSPS) is 12.3. The first-order valence-corrected chi connectivity index (χ1v) is 10.2. The quantitative estimate of drug-likeness (QED) is 0.235. The summed E-state index contributed by atoms with van der Waals surface area (Å²) in [6.45, 7) is 0.645. The van der Waals surface area contributed by atoms with Crippen molar-refractivity contribution in [1.82, 2.24) is 19.1 Å². The Labute approximate surface area is 196 Å². The Morgan fingerprint density at radius 1 is 0.944 bits per heavy atom. The van der Waals surface area contributed by atoms with Gasteiger partial charge in [-0.1, -0.05) is 12.1 Å². The molecule has 0 aromatic heterocycles. The number of para-hydroxylation sites is 2. The average Bonchev–Trinajstić information content (AvgIpc) is 2.79. The number of rotatable bonds is 4. The summed E-state index contributed by atoms with van der Waals surface area (Å²) in [5.74, 6) is -1.52. The van der Waals surface area contributed by atoms with Crippen LogP contribution < -0.4 is 11.2 Å². The first-order valence-electron chi connectivity index (χ1n) is 10.2. The lowest BCUT2D eigenvalue weighted by Gasteiger charge is -2.20. The van der Waals surface area contributed by atoms with Crippen LogP contribution >= 0.6 is 0 Å². The minimum absolute atomic E-state index is 0.0104. The van der Waals surface area contributed by atoms with Crippen molar-refractivity contribution in [2.75, 3.05) is 6.61 Å². The highest BCUT2D eigenvalue weighted by atomic mass is 19.4.